The van der Waals surface area contributed by atoms with Gasteiger partial charge in [-0.25, -0.2) is 0 Å². The predicted molar refractivity (Wildman–Crippen MR) is 25.8 cm³/mol. The fourth-order valence-corrected chi connectivity index (χ4v) is 0.144. The molecular weight excluding hydrogens is 128 g/mol. The molecule has 0 atom stereocenters. The van der Waals surface area contributed by atoms with E-state index in [1.807, 2.05) is 5.18 Å². The number of nitroso groups, excluding NO2 is 1. The fourth-order valence-electron chi connectivity index (χ4n) is 0.144. The second kappa shape index (κ2) is 4.62. The highest BCUT2D eigenvalue weighted by Gasteiger charge is 1.98. The standard InChI is InChI=1S/C2H4N4O3/c3-5-6-9-1-2(7)4-8/h1H2,(H2,3,6). The maximum atomic E-state index is 9.94. The minimum Gasteiger partial charge on any atom is -0.368 e. The van der Waals surface area contributed by atoms with Gasteiger partial charge in [0.25, 0.3) is 0 Å². The molecule has 0 heterocycles. The topological polar surface area (TPSA) is 106 Å². The van der Waals surface area contributed by atoms with Gasteiger partial charge in [-0.2, -0.15) is 0 Å². The average molecular weight is 132 g/mol. The molecule has 2 N–H and O–H groups in total. The maximum absolute atomic E-state index is 9.94. The molecule has 0 aromatic rings. The molecule has 0 spiro atoms. The van der Waals surface area contributed by atoms with Gasteiger partial charge in [-0.1, -0.05) is 0 Å². The smallest absolute Gasteiger partial charge is 0.326 e. The minimum atomic E-state index is -0.956. The molecule has 0 rings (SSSR count). The van der Waals surface area contributed by atoms with E-state index in [1.54, 1.807) is 0 Å². The molecule has 7 heteroatoms. The van der Waals surface area contributed by atoms with E-state index in [0.29, 0.717) is 0 Å². The second-order valence-electron chi connectivity index (χ2n) is 0.956. The first kappa shape index (κ1) is 7.47. The summed E-state index contributed by atoms with van der Waals surface area (Å²) in [4.78, 5) is 23.3. The molecule has 0 aromatic carbocycles. The summed E-state index contributed by atoms with van der Waals surface area (Å²) in [6.45, 7) is -0.524. The lowest BCUT2D eigenvalue weighted by Gasteiger charge is -1.85. The van der Waals surface area contributed by atoms with Crippen LogP contribution in [-0.2, 0) is 9.63 Å². The van der Waals surface area contributed by atoms with Crippen LogP contribution in [0.15, 0.2) is 15.7 Å². The van der Waals surface area contributed by atoms with Crippen molar-refractivity contribution in [3.05, 3.63) is 4.91 Å². The lowest BCUT2D eigenvalue weighted by atomic mass is 10.7. The van der Waals surface area contributed by atoms with Crippen LogP contribution >= 0.6 is 0 Å². The molecule has 0 bridgehead atoms. The number of nitrogens with two attached hydrogens (primary N) is 1. The molecule has 0 aliphatic heterocycles. The zero-order chi connectivity index (χ0) is 7.11. The van der Waals surface area contributed by atoms with E-state index in [1.165, 1.54) is 0 Å². The average Bonchev–Trinajstić information content (AvgIpc) is 1.89. The van der Waals surface area contributed by atoms with Crippen LogP contribution in [0.3, 0.4) is 0 Å². The normalized spacial score (nSPS) is 9.33. The molecule has 0 saturated carbocycles. The zero-order valence-corrected chi connectivity index (χ0v) is 4.35. The van der Waals surface area contributed by atoms with Crippen LogP contribution in [0.1, 0.15) is 0 Å². The summed E-state index contributed by atoms with van der Waals surface area (Å²) in [5, 5.41) is 7.40. The molecule has 0 unspecified atom stereocenters. The van der Waals surface area contributed by atoms with E-state index in [9.17, 15) is 9.70 Å². The van der Waals surface area contributed by atoms with Crippen LogP contribution < -0.4 is 5.84 Å². The van der Waals surface area contributed by atoms with Gasteiger partial charge >= 0.3 is 5.91 Å². The molecule has 0 fully saturated rings. The Morgan fingerprint density at radius 2 is 2.33 bits per heavy atom. The van der Waals surface area contributed by atoms with Crippen LogP contribution in [-0.4, -0.2) is 12.5 Å². The van der Waals surface area contributed by atoms with Gasteiger partial charge in [0.2, 0.25) is 6.61 Å². The summed E-state index contributed by atoms with van der Waals surface area (Å²) < 4.78 is 0. The van der Waals surface area contributed by atoms with Gasteiger partial charge in [0.1, 0.15) is 0 Å². The summed E-state index contributed by atoms with van der Waals surface area (Å²) in [5.74, 6) is 3.51. The van der Waals surface area contributed by atoms with Gasteiger partial charge in [-0.05, 0) is 5.22 Å². The number of hydrogen-bond acceptors (Lipinski definition) is 5. The SMILES string of the molecule is NN=NOCC(=O)N=O. The summed E-state index contributed by atoms with van der Waals surface area (Å²) in [7, 11) is 0. The van der Waals surface area contributed by atoms with Crippen LogP contribution in [0, 0.1) is 4.91 Å². The van der Waals surface area contributed by atoms with E-state index in [2.05, 4.69) is 21.2 Å². The van der Waals surface area contributed by atoms with Crippen molar-refractivity contribution in [1.29, 1.82) is 0 Å². The fraction of sp³-hybridized carbons (Fsp3) is 0.500. The third-order valence-corrected chi connectivity index (χ3v) is 0.395. The molecule has 7 nitrogen and oxygen atoms in total. The zero-order valence-electron chi connectivity index (χ0n) is 4.35. The highest BCUT2D eigenvalue weighted by Crippen LogP contribution is 1.78. The Kier molecular flexibility index (Phi) is 3.84. The Morgan fingerprint density at radius 3 is 2.78 bits per heavy atom. The molecule has 0 radical (unpaired) electrons. The minimum absolute atomic E-state index is 0.524. The Bertz CT molecular complexity index is 132. The third kappa shape index (κ3) is 4.32. The maximum Gasteiger partial charge on any atom is 0.326 e. The Hall–Kier alpha value is -1.53. The number of hydrogen-bond donors (Lipinski definition) is 1. The summed E-state index contributed by atoms with van der Waals surface area (Å²) >= 11 is 0. The molecule has 9 heavy (non-hydrogen) atoms. The van der Waals surface area contributed by atoms with Crippen molar-refractivity contribution in [1.82, 2.24) is 0 Å². The van der Waals surface area contributed by atoms with Crippen molar-refractivity contribution >= 4 is 5.91 Å². The van der Waals surface area contributed by atoms with Crippen LogP contribution in [0.5, 0.6) is 0 Å². The van der Waals surface area contributed by atoms with Crippen LogP contribution in [0.2, 0.25) is 0 Å². The van der Waals surface area contributed by atoms with Gasteiger partial charge in [0.05, 0.1) is 0 Å². The predicted octanol–water partition coefficient (Wildman–Crippen LogP) is -0.463. The molecule has 0 aliphatic carbocycles. The Labute approximate surface area is 49.8 Å². The van der Waals surface area contributed by atoms with Crippen LogP contribution in [0.4, 0.5) is 0 Å². The first-order valence-corrected chi connectivity index (χ1v) is 1.89. The second-order valence-corrected chi connectivity index (χ2v) is 0.956. The number of amides is 1. The van der Waals surface area contributed by atoms with E-state index in [0.717, 1.165) is 0 Å². The first-order valence-electron chi connectivity index (χ1n) is 1.89. The Balaban J connectivity index is 3.27. The van der Waals surface area contributed by atoms with E-state index in [-0.39, 0.29) is 0 Å². The van der Waals surface area contributed by atoms with Crippen molar-refractivity contribution in [2.24, 2.45) is 21.5 Å². The van der Waals surface area contributed by atoms with Crippen molar-refractivity contribution in [3.8, 4) is 0 Å². The summed E-state index contributed by atoms with van der Waals surface area (Å²) in [6.07, 6.45) is 0. The molecular formula is C2H4N4O3. The lowest BCUT2D eigenvalue weighted by molar-refractivity contribution is -0.122. The molecule has 0 aromatic heterocycles. The van der Waals surface area contributed by atoms with Gasteiger partial charge < -0.3 is 10.7 Å². The summed E-state index contributed by atoms with van der Waals surface area (Å²) in [5.41, 5.74) is 0. The number of carbonyl (C=O) groups is 1. The van der Waals surface area contributed by atoms with Crippen LogP contribution in [0.25, 0.3) is 0 Å². The molecule has 0 saturated heterocycles. The molecule has 50 valence electrons. The lowest BCUT2D eigenvalue weighted by Crippen LogP contribution is -2.00. The van der Waals surface area contributed by atoms with Crippen molar-refractivity contribution in [2.75, 3.05) is 6.61 Å². The number of carbonyl (C=O) groups excluding carboxylic acids is 1. The van der Waals surface area contributed by atoms with Crippen molar-refractivity contribution < 1.29 is 9.63 Å². The highest BCUT2D eigenvalue weighted by atomic mass is 16.6. The summed E-state index contributed by atoms with van der Waals surface area (Å²) in [6, 6.07) is 0. The van der Waals surface area contributed by atoms with Gasteiger partial charge in [-0.15, -0.1) is 4.91 Å². The monoisotopic (exact) mass is 132 g/mol. The first-order chi connectivity index (χ1) is 4.31. The molecule has 0 aliphatic rings. The van der Waals surface area contributed by atoms with Crippen molar-refractivity contribution in [3.63, 3.8) is 0 Å². The van der Waals surface area contributed by atoms with E-state index < -0.39 is 12.5 Å². The van der Waals surface area contributed by atoms with Crippen molar-refractivity contribution in [2.45, 2.75) is 0 Å². The quantitative estimate of drug-likeness (QED) is 0.242. The number of nitrogens with zero attached hydrogens (tertiary/aromatic N) is 3. The largest absolute Gasteiger partial charge is 0.368 e. The highest BCUT2D eigenvalue weighted by molar-refractivity contribution is 5.77. The van der Waals surface area contributed by atoms with Gasteiger partial charge in [0.15, 0.2) is 0 Å². The third-order valence-electron chi connectivity index (χ3n) is 0.395. The Morgan fingerprint density at radius 1 is 1.67 bits per heavy atom. The molecule has 1 amide bonds. The van der Waals surface area contributed by atoms with E-state index >= 15 is 0 Å². The van der Waals surface area contributed by atoms with E-state index in [4.69, 9.17) is 0 Å². The number of rotatable bonds is 3. The van der Waals surface area contributed by atoms with Gasteiger partial charge in [0, 0.05) is 10.5 Å². The van der Waals surface area contributed by atoms with Gasteiger partial charge in [-0.3, -0.25) is 4.79 Å².